The van der Waals surface area contributed by atoms with Crippen LogP contribution in [0, 0.1) is 0 Å². The maximum Gasteiger partial charge on any atom is 0.0378 e. The smallest absolute Gasteiger partial charge is 0.0378 e. The van der Waals surface area contributed by atoms with Crippen molar-refractivity contribution in [3.05, 3.63) is 0 Å². The van der Waals surface area contributed by atoms with Crippen LogP contribution in [0.2, 0.25) is 0 Å². The predicted octanol–water partition coefficient (Wildman–Crippen LogP) is 0.851. The molecule has 0 aliphatic carbocycles. The van der Waals surface area contributed by atoms with Gasteiger partial charge >= 0.3 is 0 Å². The van der Waals surface area contributed by atoms with E-state index in [2.05, 4.69) is 0 Å². The van der Waals surface area contributed by atoms with Gasteiger partial charge in [-0.1, -0.05) is 0 Å². The van der Waals surface area contributed by atoms with Crippen molar-refractivity contribution >= 4 is 11.8 Å². The van der Waals surface area contributed by atoms with E-state index in [1.807, 2.05) is 0 Å². The molecule has 0 aromatic rings. The summed E-state index contributed by atoms with van der Waals surface area (Å²) in [7, 11) is 0. The Bertz CT molecular complexity index is 23.6. The first kappa shape index (κ1) is 5.21. The second-order valence-electron chi connectivity index (χ2n) is 0.653. The minimum atomic E-state index is 0.460. The maximum absolute atomic E-state index is 7.96. The standard InChI is InChI=1S/C2H6ClNO/c1-2-4(3)5/h5H,2H2,1H3. The van der Waals surface area contributed by atoms with Crippen molar-refractivity contribution in [2.45, 2.75) is 6.92 Å². The van der Waals surface area contributed by atoms with Crippen LogP contribution in [0.3, 0.4) is 0 Å². The molecule has 2 nitrogen and oxygen atoms in total. The first-order valence-electron chi connectivity index (χ1n) is 1.39. The van der Waals surface area contributed by atoms with Gasteiger partial charge in [-0.05, 0) is 6.92 Å². The molecule has 3 heteroatoms. The molecule has 0 amide bonds. The van der Waals surface area contributed by atoms with E-state index < -0.39 is 0 Å². The highest BCUT2D eigenvalue weighted by molar-refractivity contribution is 6.12. The lowest BCUT2D eigenvalue weighted by Crippen LogP contribution is -2.01. The van der Waals surface area contributed by atoms with Gasteiger partial charge in [-0.15, -0.1) is 4.58 Å². The highest BCUT2D eigenvalue weighted by Crippen LogP contribution is 1.79. The molecule has 0 heterocycles. The van der Waals surface area contributed by atoms with Crippen LogP contribution < -0.4 is 0 Å². The maximum atomic E-state index is 7.96. The Balaban J connectivity index is 2.54. The lowest BCUT2D eigenvalue weighted by atomic mass is 10.8. The van der Waals surface area contributed by atoms with Crippen molar-refractivity contribution in [3.8, 4) is 0 Å². The molecule has 0 unspecified atom stereocenters. The monoisotopic (exact) mass is 95.0 g/mol. The fourth-order valence-corrected chi connectivity index (χ4v) is 0. The van der Waals surface area contributed by atoms with Crippen LogP contribution in [0.25, 0.3) is 0 Å². The molecular weight excluding hydrogens is 89.5 g/mol. The van der Waals surface area contributed by atoms with Gasteiger partial charge in [-0.2, -0.15) is 0 Å². The van der Waals surface area contributed by atoms with Crippen LogP contribution in [-0.2, 0) is 0 Å². The minimum absolute atomic E-state index is 0.460. The van der Waals surface area contributed by atoms with E-state index >= 15 is 0 Å². The molecule has 1 N–H and O–H groups in total. The summed E-state index contributed by atoms with van der Waals surface area (Å²) in [6.45, 7) is 2.20. The van der Waals surface area contributed by atoms with E-state index in [1.54, 1.807) is 6.92 Å². The molecule has 0 fully saturated rings. The van der Waals surface area contributed by atoms with E-state index in [-0.39, 0.29) is 0 Å². The summed E-state index contributed by atoms with van der Waals surface area (Å²) < 4.78 is 0.597. The highest BCUT2D eigenvalue weighted by atomic mass is 35.5. The SMILES string of the molecule is CCN(O)Cl. The third-order valence-corrected chi connectivity index (χ3v) is 0.500. The Morgan fingerprint density at radius 2 is 2.20 bits per heavy atom. The lowest BCUT2D eigenvalue weighted by Gasteiger charge is -1.93. The predicted molar refractivity (Wildman–Crippen MR) is 20.0 cm³/mol. The van der Waals surface area contributed by atoms with Crippen LogP contribution in [0.15, 0.2) is 0 Å². The Kier molecular flexibility index (Phi) is 2.55. The molecule has 0 atom stereocenters. The van der Waals surface area contributed by atoms with Crippen LogP contribution in [0.1, 0.15) is 6.92 Å². The molecule has 0 aromatic heterocycles. The molecule has 0 rings (SSSR count). The average molecular weight is 95.5 g/mol. The van der Waals surface area contributed by atoms with Gasteiger partial charge in [-0.3, -0.25) is 5.21 Å². The first-order valence-corrected chi connectivity index (χ1v) is 1.73. The molecule has 0 saturated carbocycles. The third-order valence-electron chi connectivity index (χ3n) is 0.261. The van der Waals surface area contributed by atoms with Gasteiger partial charge in [-0.25, -0.2) is 0 Å². The average Bonchev–Trinajstić information content (AvgIpc) is 1.38. The number of halogens is 1. The lowest BCUT2D eigenvalue weighted by molar-refractivity contribution is 0.0113. The van der Waals surface area contributed by atoms with Crippen LogP contribution in [-0.4, -0.2) is 16.3 Å². The van der Waals surface area contributed by atoms with Gasteiger partial charge in [0.15, 0.2) is 0 Å². The normalized spacial score (nSPS) is 9.60. The van der Waals surface area contributed by atoms with Crippen molar-refractivity contribution in [2.75, 3.05) is 6.54 Å². The first-order chi connectivity index (χ1) is 2.27. The van der Waals surface area contributed by atoms with Gasteiger partial charge in [0, 0.05) is 18.3 Å². The van der Waals surface area contributed by atoms with E-state index in [4.69, 9.17) is 17.0 Å². The summed E-state index contributed by atoms with van der Waals surface area (Å²) in [5.41, 5.74) is 0. The van der Waals surface area contributed by atoms with E-state index in [0.29, 0.717) is 11.1 Å². The van der Waals surface area contributed by atoms with Crippen LogP contribution in [0.5, 0.6) is 0 Å². The number of nitrogens with zero attached hydrogens (tertiary/aromatic N) is 1. The molecule has 32 valence electrons. The number of rotatable bonds is 1. The fourth-order valence-electron chi connectivity index (χ4n) is 0. The second kappa shape index (κ2) is 2.45. The summed E-state index contributed by atoms with van der Waals surface area (Å²) >= 11 is 4.85. The van der Waals surface area contributed by atoms with Gasteiger partial charge in [0.25, 0.3) is 0 Å². The Morgan fingerprint density at radius 3 is 2.20 bits per heavy atom. The molecular formula is C2H6ClNO. The molecule has 0 radical (unpaired) electrons. The summed E-state index contributed by atoms with van der Waals surface area (Å²) in [4.78, 5) is 0. The quantitative estimate of drug-likeness (QED) is 0.386. The van der Waals surface area contributed by atoms with Gasteiger partial charge in [0.1, 0.15) is 0 Å². The molecule has 0 aliphatic heterocycles. The second-order valence-corrected chi connectivity index (χ2v) is 1.04. The number of hydrogen-bond acceptors (Lipinski definition) is 2. The van der Waals surface area contributed by atoms with Crippen molar-refractivity contribution in [1.29, 1.82) is 0 Å². The van der Waals surface area contributed by atoms with Crippen molar-refractivity contribution in [2.24, 2.45) is 0 Å². The molecule has 0 aromatic carbocycles. The number of hydrogen-bond donors (Lipinski definition) is 1. The van der Waals surface area contributed by atoms with Crippen molar-refractivity contribution in [3.63, 3.8) is 0 Å². The summed E-state index contributed by atoms with van der Waals surface area (Å²) in [6, 6.07) is 0. The largest absolute Gasteiger partial charge is 0.299 e. The van der Waals surface area contributed by atoms with Crippen LogP contribution >= 0.6 is 11.8 Å². The summed E-state index contributed by atoms with van der Waals surface area (Å²) in [5, 5.41) is 7.96. The van der Waals surface area contributed by atoms with E-state index in [1.165, 1.54) is 0 Å². The van der Waals surface area contributed by atoms with Gasteiger partial charge in [0.2, 0.25) is 0 Å². The van der Waals surface area contributed by atoms with Crippen LogP contribution in [0.4, 0.5) is 0 Å². The summed E-state index contributed by atoms with van der Waals surface area (Å²) in [6.07, 6.45) is 0. The fraction of sp³-hybridized carbons (Fsp3) is 1.00. The van der Waals surface area contributed by atoms with Crippen molar-refractivity contribution in [1.82, 2.24) is 4.58 Å². The molecule has 0 aliphatic rings. The Labute approximate surface area is 36.0 Å². The molecule has 0 saturated heterocycles. The molecule has 0 bridgehead atoms. The zero-order valence-electron chi connectivity index (χ0n) is 2.98. The Morgan fingerprint density at radius 1 is 2.00 bits per heavy atom. The Hall–Kier alpha value is 0.210. The third kappa shape index (κ3) is 4.21. The number of hydroxylamine groups is 1. The minimum Gasteiger partial charge on any atom is -0.299 e. The van der Waals surface area contributed by atoms with E-state index in [0.717, 1.165) is 0 Å². The molecule has 5 heavy (non-hydrogen) atoms. The summed E-state index contributed by atoms with van der Waals surface area (Å²) in [5.74, 6) is 0. The molecule has 0 spiro atoms. The topological polar surface area (TPSA) is 23.5 Å². The highest BCUT2D eigenvalue weighted by Gasteiger charge is 1.78. The van der Waals surface area contributed by atoms with Gasteiger partial charge in [0.05, 0.1) is 0 Å². The zero-order chi connectivity index (χ0) is 4.28. The van der Waals surface area contributed by atoms with Gasteiger partial charge < -0.3 is 0 Å². The van der Waals surface area contributed by atoms with E-state index in [9.17, 15) is 0 Å². The van der Waals surface area contributed by atoms with Crippen molar-refractivity contribution < 1.29 is 5.21 Å². The zero-order valence-corrected chi connectivity index (χ0v) is 3.74.